The minimum Gasteiger partial charge on any atom is -0.495 e. The molecular weight excluding hydrogens is 529 g/mol. The summed E-state index contributed by atoms with van der Waals surface area (Å²) in [6, 6.07) is 6.19. The molecule has 1 saturated heterocycles. The zero-order chi connectivity index (χ0) is 28.3. The van der Waals surface area contributed by atoms with Gasteiger partial charge in [-0.3, -0.25) is 9.59 Å². The first-order valence-corrected chi connectivity index (χ1v) is 12.9. The van der Waals surface area contributed by atoms with Crippen LogP contribution in [0.15, 0.2) is 36.7 Å². The molecular formula is C26H29F3N8O3. The third kappa shape index (κ3) is 5.96. The van der Waals surface area contributed by atoms with Crippen molar-refractivity contribution < 1.29 is 27.5 Å². The highest BCUT2D eigenvalue weighted by Crippen LogP contribution is 2.37. The highest BCUT2D eigenvalue weighted by Gasteiger charge is 2.36. The Morgan fingerprint density at radius 3 is 2.67 bits per heavy atom. The Kier molecular flexibility index (Phi) is 7.78. The van der Waals surface area contributed by atoms with Gasteiger partial charge in [0.05, 0.1) is 18.5 Å². The van der Waals surface area contributed by atoms with Crippen LogP contribution in [0.2, 0.25) is 0 Å². The third-order valence-electron chi connectivity index (χ3n) is 6.79. The zero-order valence-corrected chi connectivity index (χ0v) is 21.8. The van der Waals surface area contributed by atoms with E-state index < -0.39 is 23.5 Å². The number of hydrogen-bond acceptors (Lipinski definition) is 8. The van der Waals surface area contributed by atoms with Gasteiger partial charge in [-0.1, -0.05) is 0 Å². The SMILES string of the molecule is COc1cc(C(=O)NCCN2CCCC2)ccc1Nc1ncc(C(F)(F)F)c(Nc2ccn3c2C(=O)NCC3)n1. The number of aromatic nitrogens is 3. The molecule has 0 bridgehead atoms. The fourth-order valence-electron chi connectivity index (χ4n) is 4.75. The van der Waals surface area contributed by atoms with E-state index >= 15 is 0 Å². The topological polar surface area (TPSA) is 125 Å². The number of alkyl halides is 3. The summed E-state index contributed by atoms with van der Waals surface area (Å²) in [5.74, 6) is -1.05. The minimum atomic E-state index is -4.75. The van der Waals surface area contributed by atoms with E-state index in [9.17, 15) is 22.8 Å². The maximum atomic E-state index is 13.8. The van der Waals surface area contributed by atoms with Crippen molar-refractivity contribution in [1.29, 1.82) is 0 Å². The molecule has 0 saturated carbocycles. The number of fused-ring (bicyclic) bond motifs is 1. The molecule has 212 valence electrons. The smallest absolute Gasteiger partial charge is 0.421 e. The van der Waals surface area contributed by atoms with Crippen LogP contribution >= 0.6 is 0 Å². The fraction of sp³-hybridized carbons (Fsp3) is 0.385. The van der Waals surface area contributed by atoms with Gasteiger partial charge in [0.2, 0.25) is 5.95 Å². The van der Waals surface area contributed by atoms with Gasteiger partial charge in [-0.05, 0) is 50.2 Å². The quantitative estimate of drug-likeness (QED) is 0.315. The Hall–Kier alpha value is -4.33. The minimum absolute atomic E-state index is 0.144. The lowest BCUT2D eigenvalue weighted by Crippen LogP contribution is -2.35. The van der Waals surface area contributed by atoms with Gasteiger partial charge in [-0.15, -0.1) is 0 Å². The van der Waals surface area contributed by atoms with Crippen LogP contribution in [0.1, 0.15) is 39.3 Å². The molecule has 1 aromatic carbocycles. The van der Waals surface area contributed by atoms with Gasteiger partial charge in [-0.2, -0.15) is 18.2 Å². The van der Waals surface area contributed by atoms with Gasteiger partial charge >= 0.3 is 6.18 Å². The molecule has 2 aliphatic heterocycles. The molecule has 0 radical (unpaired) electrons. The van der Waals surface area contributed by atoms with Gasteiger partial charge in [0.25, 0.3) is 11.8 Å². The molecule has 0 unspecified atom stereocenters. The predicted molar refractivity (Wildman–Crippen MR) is 141 cm³/mol. The molecule has 1 fully saturated rings. The Morgan fingerprint density at radius 1 is 1.12 bits per heavy atom. The number of likely N-dealkylation sites (tertiary alicyclic amines) is 1. The summed E-state index contributed by atoms with van der Waals surface area (Å²) in [4.78, 5) is 35.2. The second-order valence-corrected chi connectivity index (χ2v) is 9.45. The first-order valence-electron chi connectivity index (χ1n) is 12.9. The number of methoxy groups -OCH3 is 1. The second-order valence-electron chi connectivity index (χ2n) is 9.45. The number of halogens is 3. The first-order chi connectivity index (χ1) is 19.2. The Labute approximate surface area is 228 Å². The molecule has 4 heterocycles. The number of amides is 2. The van der Waals surface area contributed by atoms with Crippen molar-refractivity contribution in [1.82, 2.24) is 30.1 Å². The van der Waals surface area contributed by atoms with Crippen LogP contribution in [-0.2, 0) is 12.7 Å². The Balaban J connectivity index is 1.34. The van der Waals surface area contributed by atoms with Gasteiger partial charge < -0.3 is 35.5 Å². The highest BCUT2D eigenvalue weighted by atomic mass is 19.4. The predicted octanol–water partition coefficient (Wildman–Crippen LogP) is 3.36. The van der Waals surface area contributed by atoms with E-state index in [-0.39, 0.29) is 29.0 Å². The molecule has 0 atom stereocenters. The number of nitrogens with zero attached hydrogens (tertiary/aromatic N) is 4. The van der Waals surface area contributed by atoms with E-state index in [0.717, 1.165) is 19.6 Å². The van der Waals surface area contributed by atoms with E-state index in [1.165, 1.54) is 32.1 Å². The summed E-state index contributed by atoms with van der Waals surface area (Å²) in [7, 11) is 1.41. The second kappa shape index (κ2) is 11.4. The number of anilines is 4. The van der Waals surface area contributed by atoms with Gasteiger partial charge in [-0.25, -0.2) is 4.98 Å². The van der Waals surface area contributed by atoms with Crippen LogP contribution < -0.4 is 26.0 Å². The van der Waals surface area contributed by atoms with Gasteiger partial charge in [0, 0.05) is 44.1 Å². The van der Waals surface area contributed by atoms with Crippen molar-refractivity contribution in [2.45, 2.75) is 25.6 Å². The average molecular weight is 559 g/mol. The summed E-state index contributed by atoms with van der Waals surface area (Å²) in [6.45, 7) is 4.30. The summed E-state index contributed by atoms with van der Waals surface area (Å²) >= 11 is 0. The van der Waals surface area contributed by atoms with Crippen LogP contribution in [-0.4, -0.2) is 71.1 Å². The largest absolute Gasteiger partial charge is 0.495 e. The van der Waals surface area contributed by atoms with E-state index in [0.29, 0.717) is 37.1 Å². The third-order valence-corrected chi connectivity index (χ3v) is 6.79. The highest BCUT2D eigenvalue weighted by molar-refractivity contribution is 5.99. The molecule has 4 N–H and O–H groups in total. The molecule has 0 spiro atoms. The summed E-state index contributed by atoms with van der Waals surface area (Å²) in [5.41, 5.74) is 0.0225. The molecule has 14 heteroatoms. The first kappa shape index (κ1) is 27.2. The summed E-state index contributed by atoms with van der Waals surface area (Å²) in [5, 5.41) is 11.1. The van der Waals surface area contributed by atoms with Crippen LogP contribution in [0.4, 0.5) is 36.3 Å². The number of ether oxygens (including phenoxy) is 1. The van der Waals surface area contributed by atoms with Crippen LogP contribution in [0.3, 0.4) is 0 Å². The number of hydrogen-bond donors (Lipinski definition) is 4. The van der Waals surface area contributed by atoms with Gasteiger partial charge in [0.15, 0.2) is 0 Å². The number of nitrogens with one attached hydrogen (secondary N) is 4. The number of carbonyl (C=O) groups is 2. The van der Waals surface area contributed by atoms with Crippen molar-refractivity contribution in [2.24, 2.45) is 0 Å². The monoisotopic (exact) mass is 558 g/mol. The zero-order valence-electron chi connectivity index (χ0n) is 21.8. The molecule has 5 rings (SSSR count). The van der Waals surface area contributed by atoms with E-state index in [2.05, 4.69) is 36.1 Å². The molecule has 2 aromatic heterocycles. The maximum absolute atomic E-state index is 13.8. The van der Waals surface area contributed by atoms with Crippen LogP contribution in [0, 0.1) is 0 Å². The van der Waals surface area contributed by atoms with E-state index in [1.807, 2.05) is 0 Å². The average Bonchev–Trinajstić information content (AvgIpc) is 3.59. The van der Waals surface area contributed by atoms with Crippen molar-refractivity contribution in [3.05, 3.63) is 53.5 Å². The molecule has 3 aromatic rings. The van der Waals surface area contributed by atoms with Crippen LogP contribution in [0.25, 0.3) is 0 Å². The normalized spacial score (nSPS) is 15.3. The molecule has 0 aliphatic carbocycles. The molecule has 40 heavy (non-hydrogen) atoms. The fourth-order valence-corrected chi connectivity index (χ4v) is 4.75. The maximum Gasteiger partial charge on any atom is 0.421 e. The van der Waals surface area contributed by atoms with Crippen molar-refractivity contribution >= 4 is 35.0 Å². The number of carbonyl (C=O) groups excluding carboxylic acids is 2. The Morgan fingerprint density at radius 2 is 1.93 bits per heavy atom. The Bertz CT molecular complexity index is 1400. The summed E-state index contributed by atoms with van der Waals surface area (Å²) in [6.07, 6.45) is -0.116. The number of rotatable bonds is 9. The van der Waals surface area contributed by atoms with E-state index in [1.54, 1.807) is 22.9 Å². The van der Waals surface area contributed by atoms with Crippen LogP contribution in [0.5, 0.6) is 5.75 Å². The van der Waals surface area contributed by atoms with Crippen molar-refractivity contribution in [3.63, 3.8) is 0 Å². The summed E-state index contributed by atoms with van der Waals surface area (Å²) < 4.78 is 48.4. The molecule has 11 nitrogen and oxygen atoms in total. The standard InChI is InChI=1S/C26H29F3N8O3/c1-40-20-14-16(23(38)30-7-12-36-9-2-3-10-36)4-5-18(20)34-25-32-15-17(26(27,28)29)22(35-25)33-19-6-11-37-13-8-31-24(39)21(19)37/h4-6,11,14-15H,2-3,7-10,12-13H2,1H3,(H,30,38)(H,31,39)(H2,32,33,34,35). The van der Waals surface area contributed by atoms with Crippen molar-refractivity contribution in [2.75, 3.05) is 50.5 Å². The van der Waals surface area contributed by atoms with E-state index in [4.69, 9.17) is 4.74 Å². The molecule has 2 amide bonds. The van der Waals surface area contributed by atoms with Gasteiger partial charge in [0.1, 0.15) is 22.8 Å². The lowest BCUT2D eigenvalue weighted by Gasteiger charge is -2.19. The lowest BCUT2D eigenvalue weighted by atomic mass is 10.1. The number of benzene rings is 1. The molecule has 2 aliphatic rings. The lowest BCUT2D eigenvalue weighted by molar-refractivity contribution is -0.137. The van der Waals surface area contributed by atoms with Crippen molar-refractivity contribution in [3.8, 4) is 5.75 Å².